The van der Waals surface area contributed by atoms with Gasteiger partial charge in [-0.2, -0.15) is 0 Å². The summed E-state index contributed by atoms with van der Waals surface area (Å²) in [6.07, 6.45) is 9.64. The summed E-state index contributed by atoms with van der Waals surface area (Å²) in [5, 5.41) is 10.7. The van der Waals surface area contributed by atoms with Crippen LogP contribution in [-0.4, -0.2) is 33.8 Å². The molecule has 7 heteroatoms. The average Bonchev–Trinajstić information content (AvgIpc) is 2.80. The molecule has 0 amide bonds. The molecule has 1 aliphatic rings. The van der Waals surface area contributed by atoms with Gasteiger partial charge in [0, 0.05) is 18.0 Å². The van der Waals surface area contributed by atoms with Crippen LogP contribution in [0.2, 0.25) is 0 Å². The number of hydrogen-bond acceptors (Lipinski definition) is 5. The molecule has 1 aromatic rings. The lowest BCUT2D eigenvalue weighted by atomic mass is 10.1. The molecule has 22 heavy (non-hydrogen) atoms. The molecule has 0 aromatic carbocycles. The maximum absolute atomic E-state index is 10.7. The van der Waals surface area contributed by atoms with E-state index in [-0.39, 0.29) is 11.9 Å². The number of aromatic nitrogens is 2. The molecule has 0 N–H and O–H groups in total. The second kappa shape index (κ2) is 8.73. The Hall–Kier alpha value is -1.63. The smallest absolute Gasteiger partial charge is 0.414 e. The Balaban J connectivity index is 1.72. The molecule has 2 heterocycles. The topological polar surface area (TPSA) is 79.4 Å². The number of rotatable bonds is 9. The van der Waals surface area contributed by atoms with Gasteiger partial charge in [0.2, 0.25) is 0 Å². The van der Waals surface area contributed by atoms with Gasteiger partial charge in [0.1, 0.15) is 6.20 Å². The number of nitrogens with zero attached hydrogens (tertiary/aromatic N) is 3. The van der Waals surface area contributed by atoms with Crippen molar-refractivity contribution in [3.05, 3.63) is 16.3 Å². The first kappa shape index (κ1) is 16.7. The summed E-state index contributed by atoms with van der Waals surface area (Å²) in [6.45, 7) is 4.00. The predicted octanol–water partition coefficient (Wildman–Crippen LogP) is 3.32. The molecule has 0 bridgehead atoms. The Bertz CT molecular complexity index is 475. The van der Waals surface area contributed by atoms with Crippen LogP contribution in [0.5, 0.6) is 6.01 Å². The van der Waals surface area contributed by atoms with Crippen LogP contribution < -0.4 is 4.74 Å². The second-order valence-electron chi connectivity index (χ2n) is 5.69. The van der Waals surface area contributed by atoms with Crippen LogP contribution in [0.25, 0.3) is 0 Å². The number of fused-ring (bicyclic) bond motifs is 1. The zero-order valence-corrected chi connectivity index (χ0v) is 13.2. The largest absolute Gasteiger partial charge is 0.446 e. The highest BCUT2D eigenvalue weighted by atomic mass is 16.6. The number of unbranched alkanes of at least 4 members (excludes halogenated alkanes) is 5. The van der Waals surface area contributed by atoms with E-state index >= 15 is 0 Å². The van der Waals surface area contributed by atoms with Crippen LogP contribution in [-0.2, 0) is 11.3 Å². The molecule has 1 aromatic heterocycles. The standard InChI is InChI=1S/C15H25N3O4/c1-2-3-4-5-6-7-9-21-13-8-10-22-15-16-14(18(19)20)12-17(15)11-13/h12-13H,2-11H2,1H3. The molecule has 0 radical (unpaired) electrons. The fourth-order valence-corrected chi connectivity index (χ4v) is 2.58. The average molecular weight is 311 g/mol. The Labute approximate surface area is 130 Å². The Morgan fingerprint density at radius 1 is 1.41 bits per heavy atom. The van der Waals surface area contributed by atoms with Crippen molar-refractivity contribution in [1.29, 1.82) is 0 Å². The minimum absolute atomic E-state index is 0.0331. The van der Waals surface area contributed by atoms with E-state index in [1.54, 1.807) is 4.57 Å². The quantitative estimate of drug-likeness (QED) is 0.397. The van der Waals surface area contributed by atoms with Crippen LogP contribution in [0.15, 0.2) is 6.20 Å². The highest BCUT2D eigenvalue weighted by Crippen LogP contribution is 2.22. The summed E-state index contributed by atoms with van der Waals surface area (Å²) < 4.78 is 13.0. The van der Waals surface area contributed by atoms with Gasteiger partial charge in [0.25, 0.3) is 0 Å². The van der Waals surface area contributed by atoms with Gasteiger partial charge < -0.3 is 19.6 Å². The van der Waals surface area contributed by atoms with Gasteiger partial charge >= 0.3 is 11.8 Å². The lowest BCUT2D eigenvalue weighted by molar-refractivity contribution is -0.389. The van der Waals surface area contributed by atoms with Gasteiger partial charge in [0.15, 0.2) is 0 Å². The van der Waals surface area contributed by atoms with Crippen molar-refractivity contribution in [2.24, 2.45) is 0 Å². The fraction of sp³-hybridized carbons (Fsp3) is 0.800. The third-order valence-corrected chi connectivity index (χ3v) is 3.84. The zero-order valence-electron chi connectivity index (χ0n) is 13.2. The highest BCUT2D eigenvalue weighted by Gasteiger charge is 2.25. The molecule has 1 unspecified atom stereocenters. The third kappa shape index (κ3) is 4.98. The predicted molar refractivity (Wildman–Crippen MR) is 82.1 cm³/mol. The van der Waals surface area contributed by atoms with Gasteiger partial charge in [-0.05, 0) is 11.3 Å². The van der Waals surface area contributed by atoms with Crippen LogP contribution in [0.1, 0.15) is 51.9 Å². The Morgan fingerprint density at radius 2 is 2.18 bits per heavy atom. The van der Waals surface area contributed by atoms with Gasteiger partial charge in [0.05, 0.1) is 19.3 Å². The molecule has 7 nitrogen and oxygen atoms in total. The van der Waals surface area contributed by atoms with E-state index in [0.29, 0.717) is 19.2 Å². The minimum atomic E-state index is -0.503. The minimum Gasteiger partial charge on any atom is -0.446 e. The van der Waals surface area contributed by atoms with E-state index in [0.717, 1.165) is 19.4 Å². The van der Waals surface area contributed by atoms with Crippen molar-refractivity contribution in [1.82, 2.24) is 9.55 Å². The van der Waals surface area contributed by atoms with Crippen molar-refractivity contribution in [2.75, 3.05) is 13.2 Å². The molecule has 0 fully saturated rings. The lowest BCUT2D eigenvalue weighted by Crippen LogP contribution is -2.19. The summed E-state index contributed by atoms with van der Waals surface area (Å²) in [5.74, 6) is -0.174. The van der Waals surface area contributed by atoms with Crippen molar-refractivity contribution in [3.8, 4) is 6.01 Å². The van der Waals surface area contributed by atoms with Crippen molar-refractivity contribution >= 4 is 5.82 Å². The number of nitro groups is 1. The molecule has 124 valence electrons. The summed E-state index contributed by atoms with van der Waals surface area (Å²) in [5.41, 5.74) is 0. The maximum Gasteiger partial charge on any atom is 0.414 e. The van der Waals surface area contributed by atoms with Crippen LogP contribution in [0.4, 0.5) is 5.82 Å². The zero-order chi connectivity index (χ0) is 15.8. The first-order chi connectivity index (χ1) is 10.7. The van der Waals surface area contributed by atoms with Gasteiger partial charge in [-0.1, -0.05) is 39.0 Å². The Morgan fingerprint density at radius 3 is 2.95 bits per heavy atom. The highest BCUT2D eigenvalue weighted by molar-refractivity contribution is 5.21. The number of imidazole rings is 1. The molecule has 1 aliphatic heterocycles. The fourth-order valence-electron chi connectivity index (χ4n) is 2.58. The van der Waals surface area contributed by atoms with E-state index in [1.807, 2.05) is 0 Å². The van der Waals surface area contributed by atoms with Gasteiger partial charge in [-0.25, -0.2) is 0 Å². The monoisotopic (exact) mass is 311 g/mol. The van der Waals surface area contributed by atoms with Crippen LogP contribution in [0.3, 0.4) is 0 Å². The van der Waals surface area contributed by atoms with E-state index < -0.39 is 4.92 Å². The molecule has 0 saturated heterocycles. The summed E-state index contributed by atoms with van der Waals surface area (Å²) in [6, 6.07) is 0.317. The Kier molecular flexibility index (Phi) is 6.64. The van der Waals surface area contributed by atoms with Crippen molar-refractivity contribution < 1.29 is 14.4 Å². The number of hydrogen-bond donors (Lipinski definition) is 0. The summed E-state index contributed by atoms with van der Waals surface area (Å²) in [7, 11) is 0. The second-order valence-corrected chi connectivity index (χ2v) is 5.69. The van der Waals surface area contributed by atoms with E-state index in [4.69, 9.17) is 9.47 Å². The SMILES string of the molecule is CCCCCCCCOC1CCOc2nc([N+](=O)[O-])cn2C1. The van der Waals surface area contributed by atoms with Crippen LogP contribution >= 0.6 is 0 Å². The molecule has 1 atom stereocenters. The molecular formula is C15H25N3O4. The van der Waals surface area contributed by atoms with Crippen molar-refractivity contribution in [2.45, 2.75) is 64.5 Å². The summed E-state index contributed by atoms with van der Waals surface area (Å²) >= 11 is 0. The lowest BCUT2D eigenvalue weighted by Gasteiger charge is -2.14. The maximum atomic E-state index is 10.7. The normalized spacial score (nSPS) is 17.6. The first-order valence-corrected chi connectivity index (χ1v) is 8.16. The van der Waals surface area contributed by atoms with E-state index in [2.05, 4.69) is 11.9 Å². The van der Waals surface area contributed by atoms with E-state index in [1.165, 1.54) is 38.3 Å². The molecule has 0 saturated carbocycles. The third-order valence-electron chi connectivity index (χ3n) is 3.84. The first-order valence-electron chi connectivity index (χ1n) is 8.16. The van der Waals surface area contributed by atoms with Crippen LogP contribution in [0, 0.1) is 10.1 Å². The molecular weight excluding hydrogens is 286 g/mol. The van der Waals surface area contributed by atoms with Gasteiger partial charge in [-0.15, -0.1) is 0 Å². The molecule has 0 aliphatic carbocycles. The van der Waals surface area contributed by atoms with Crippen molar-refractivity contribution in [3.63, 3.8) is 0 Å². The molecule has 0 spiro atoms. The van der Waals surface area contributed by atoms with Gasteiger partial charge in [-0.3, -0.25) is 4.57 Å². The van der Waals surface area contributed by atoms with E-state index in [9.17, 15) is 10.1 Å². The summed E-state index contributed by atoms with van der Waals surface area (Å²) in [4.78, 5) is 14.1. The molecule has 2 rings (SSSR count). The number of ether oxygens (including phenoxy) is 2.